The van der Waals surface area contributed by atoms with Crippen molar-refractivity contribution in [3.63, 3.8) is 0 Å². The van der Waals surface area contributed by atoms with Crippen LogP contribution in [0.15, 0.2) is 18.2 Å². The molecule has 2 fully saturated rings. The summed E-state index contributed by atoms with van der Waals surface area (Å²) in [5.41, 5.74) is 2.95. The molecule has 0 unspecified atom stereocenters. The molecular weight excluding hydrogens is 335 g/mol. The van der Waals surface area contributed by atoms with E-state index in [9.17, 15) is 18.0 Å². The molecule has 0 bridgehead atoms. The lowest BCUT2D eigenvalue weighted by molar-refractivity contribution is -0.185. The molecule has 0 aromatic heterocycles. The van der Waals surface area contributed by atoms with Crippen LogP contribution in [0.3, 0.4) is 0 Å². The van der Waals surface area contributed by atoms with Crippen LogP contribution in [0, 0.1) is 0 Å². The monoisotopic (exact) mass is 357 g/mol. The van der Waals surface area contributed by atoms with Crippen molar-refractivity contribution in [2.45, 2.75) is 32.4 Å². The molecule has 0 saturated carbocycles. The van der Waals surface area contributed by atoms with Gasteiger partial charge in [-0.3, -0.25) is 4.79 Å². The van der Waals surface area contributed by atoms with E-state index in [1.54, 1.807) is 5.06 Å². The van der Waals surface area contributed by atoms with Gasteiger partial charge in [0, 0.05) is 31.9 Å². The lowest BCUT2D eigenvalue weighted by Gasteiger charge is -2.37. The second kappa shape index (κ2) is 6.09. The number of piperazine rings is 1. The maximum atomic E-state index is 12.6. The number of hydrogen-bond acceptors (Lipinski definition) is 4. The minimum Gasteiger partial charge on any atom is -0.368 e. The predicted octanol–water partition coefficient (Wildman–Crippen LogP) is 2.90. The number of rotatable bonds is 2. The van der Waals surface area contributed by atoms with Crippen LogP contribution in [0.1, 0.15) is 26.3 Å². The van der Waals surface area contributed by atoms with Crippen molar-refractivity contribution in [2.24, 2.45) is 0 Å². The fourth-order valence-corrected chi connectivity index (χ4v) is 2.88. The highest BCUT2D eigenvalue weighted by Gasteiger charge is 2.43. The summed E-state index contributed by atoms with van der Waals surface area (Å²) in [5.74, 6) is -1.76. The molecule has 5 nitrogen and oxygen atoms in total. The number of halogens is 3. The van der Waals surface area contributed by atoms with Gasteiger partial charge in [0.15, 0.2) is 6.73 Å². The lowest BCUT2D eigenvalue weighted by atomic mass is 9.86. The molecule has 0 spiro atoms. The van der Waals surface area contributed by atoms with Gasteiger partial charge in [0.2, 0.25) is 0 Å². The zero-order valence-corrected chi connectivity index (χ0v) is 14.6. The third-order valence-corrected chi connectivity index (χ3v) is 4.49. The van der Waals surface area contributed by atoms with Gasteiger partial charge < -0.3 is 9.80 Å². The van der Waals surface area contributed by atoms with E-state index in [-0.39, 0.29) is 18.5 Å². The fourth-order valence-electron chi connectivity index (χ4n) is 2.88. The predicted molar refractivity (Wildman–Crippen MR) is 88.4 cm³/mol. The third-order valence-electron chi connectivity index (χ3n) is 4.49. The Hall–Kier alpha value is -1.96. The van der Waals surface area contributed by atoms with Gasteiger partial charge in [-0.1, -0.05) is 20.8 Å². The summed E-state index contributed by atoms with van der Waals surface area (Å²) < 4.78 is 37.7. The van der Waals surface area contributed by atoms with Gasteiger partial charge >= 0.3 is 12.1 Å². The maximum absolute atomic E-state index is 12.6. The topological polar surface area (TPSA) is 39.1 Å². The van der Waals surface area contributed by atoms with Crippen molar-refractivity contribution in [2.75, 3.05) is 42.9 Å². The van der Waals surface area contributed by atoms with Crippen LogP contribution in [0.5, 0.6) is 0 Å². The van der Waals surface area contributed by atoms with Gasteiger partial charge in [-0.2, -0.15) is 13.2 Å². The summed E-state index contributed by atoms with van der Waals surface area (Å²) in [7, 11) is 0. The molecule has 0 aliphatic carbocycles. The van der Waals surface area contributed by atoms with Crippen molar-refractivity contribution >= 4 is 17.3 Å². The molecule has 0 N–H and O–H groups in total. The van der Waals surface area contributed by atoms with Crippen LogP contribution in [0.4, 0.5) is 24.5 Å². The zero-order valence-electron chi connectivity index (χ0n) is 14.6. The van der Waals surface area contributed by atoms with Gasteiger partial charge in [0.05, 0.1) is 5.69 Å². The first-order chi connectivity index (χ1) is 11.6. The molecule has 1 aromatic carbocycles. The first kappa shape index (κ1) is 17.8. The van der Waals surface area contributed by atoms with Crippen molar-refractivity contribution in [3.05, 3.63) is 23.8 Å². The smallest absolute Gasteiger partial charge is 0.368 e. The summed E-state index contributed by atoms with van der Waals surface area (Å²) in [6.45, 7) is 7.74. The van der Waals surface area contributed by atoms with E-state index in [0.717, 1.165) is 21.8 Å². The number of carbonyl (C=O) groups excluding carboxylic acids is 1. The first-order valence-electron chi connectivity index (χ1n) is 8.23. The fraction of sp³-hybridized carbons (Fsp3) is 0.588. The van der Waals surface area contributed by atoms with Crippen molar-refractivity contribution < 1.29 is 22.8 Å². The average Bonchev–Trinajstić information content (AvgIpc) is 3.37. The van der Waals surface area contributed by atoms with E-state index < -0.39 is 12.1 Å². The lowest BCUT2D eigenvalue weighted by Crippen LogP contribution is -2.52. The summed E-state index contributed by atoms with van der Waals surface area (Å²) in [4.78, 5) is 19.5. The molecule has 2 heterocycles. The van der Waals surface area contributed by atoms with Crippen LogP contribution in [0.25, 0.3) is 0 Å². The van der Waals surface area contributed by atoms with Crippen molar-refractivity contribution in [1.82, 2.24) is 4.90 Å². The van der Waals surface area contributed by atoms with Crippen LogP contribution in [-0.2, 0) is 15.0 Å². The van der Waals surface area contributed by atoms with Crippen LogP contribution < -0.4 is 9.96 Å². The highest BCUT2D eigenvalue weighted by molar-refractivity contribution is 5.82. The maximum Gasteiger partial charge on any atom is 0.471 e. The quantitative estimate of drug-likeness (QED) is 0.763. The summed E-state index contributed by atoms with van der Waals surface area (Å²) in [6, 6.07) is 6.11. The molecule has 0 radical (unpaired) electrons. The summed E-state index contributed by atoms with van der Waals surface area (Å²) in [6.07, 6.45) is -4.81. The normalized spacial score (nSPS) is 18.6. The minimum absolute atomic E-state index is 0.0607. The first-order valence-corrected chi connectivity index (χ1v) is 8.23. The third kappa shape index (κ3) is 4.00. The molecular formula is C17H22F3N3O2. The molecule has 0 atom stereocenters. The number of carbonyl (C=O) groups is 1. The Morgan fingerprint density at radius 1 is 1.00 bits per heavy atom. The SMILES string of the molecule is CC(C)(C)c1cc(N2CCN(C(=O)C(F)(F)F)CC2)cc(N2CO2)c1. The number of alkyl halides is 3. The van der Waals surface area contributed by atoms with E-state index in [2.05, 4.69) is 32.9 Å². The zero-order chi connectivity index (χ0) is 18.4. The van der Waals surface area contributed by atoms with E-state index in [0.29, 0.717) is 19.8 Å². The van der Waals surface area contributed by atoms with Gasteiger partial charge in [-0.25, -0.2) is 9.90 Å². The summed E-state index contributed by atoms with van der Waals surface area (Å²) in [5, 5.41) is 1.77. The second-order valence-electron chi connectivity index (χ2n) is 7.40. The van der Waals surface area contributed by atoms with E-state index >= 15 is 0 Å². The van der Waals surface area contributed by atoms with Crippen LogP contribution in [-0.4, -0.2) is 49.9 Å². The van der Waals surface area contributed by atoms with Crippen molar-refractivity contribution in [3.8, 4) is 0 Å². The van der Waals surface area contributed by atoms with Crippen LogP contribution in [0.2, 0.25) is 0 Å². The Morgan fingerprint density at radius 3 is 2.04 bits per heavy atom. The van der Waals surface area contributed by atoms with E-state index in [4.69, 9.17) is 4.84 Å². The Bertz CT molecular complexity index is 658. The number of anilines is 2. The Labute approximate surface area is 144 Å². The highest BCUT2D eigenvalue weighted by atomic mass is 19.4. The number of amides is 1. The van der Waals surface area contributed by atoms with Gasteiger partial charge in [0.1, 0.15) is 0 Å². The Morgan fingerprint density at radius 2 is 1.56 bits per heavy atom. The molecule has 3 rings (SSSR count). The minimum atomic E-state index is -4.81. The number of benzene rings is 1. The van der Waals surface area contributed by atoms with Gasteiger partial charge in [-0.05, 0) is 29.2 Å². The second-order valence-corrected chi connectivity index (χ2v) is 7.40. The molecule has 2 aliphatic heterocycles. The molecule has 2 aliphatic rings. The van der Waals surface area contributed by atoms with Gasteiger partial charge in [-0.15, -0.1) is 0 Å². The molecule has 1 amide bonds. The molecule has 25 heavy (non-hydrogen) atoms. The molecule has 1 aromatic rings. The molecule has 2 saturated heterocycles. The molecule has 138 valence electrons. The largest absolute Gasteiger partial charge is 0.471 e. The van der Waals surface area contributed by atoms with Crippen LogP contribution >= 0.6 is 0 Å². The average molecular weight is 357 g/mol. The number of hydrogen-bond donors (Lipinski definition) is 0. The molecule has 8 heteroatoms. The number of hydroxylamine groups is 1. The standard InChI is InChI=1S/C17H22F3N3O2/c1-16(2,3)12-8-13(10-14(9-12)23-11-25-23)21-4-6-22(7-5-21)15(24)17(18,19)20/h8-10H,4-7,11H2,1-3H3. The highest BCUT2D eigenvalue weighted by Crippen LogP contribution is 2.35. The Kier molecular flexibility index (Phi) is 4.35. The van der Waals surface area contributed by atoms with E-state index in [1.165, 1.54) is 0 Å². The summed E-state index contributed by atoms with van der Waals surface area (Å²) >= 11 is 0. The number of nitrogens with zero attached hydrogens (tertiary/aromatic N) is 3. The Balaban J connectivity index is 1.77. The van der Waals surface area contributed by atoms with Crippen molar-refractivity contribution in [1.29, 1.82) is 0 Å². The van der Waals surface area contributed by atoms with E-state index in [1.807, 2.05) is 11.0 Å². The van der Waals surface area contributed by atoms with Gasteiger partial charge in [0.25, 0.3) is 0 Å².